The van der Waals surface area contributed by atoms with Crippen molar-refractivity contribution in [2.24, 2.45) is 12.8 Å². The third-order valence-corrected chi connectivity index (χ3v) is 2.25. The first kappa shape index (κ1) is 10.6. The summed E-state index contributed by atoms with van der Waals surface area (Å²) in [5.74, 6) is 1.42. The van der Waals surface area contributed by atoms with Gasteiger partial charge in [0, 0.05) is 37.6 Å². The Balaban J connectivity index is 2.30. The minimum absolute atomic E-state index is 0.403. The third kappa shape index (κ3) is 2.04. The van der Waals surface area contributed by atoms with Crippen molar-refractivity contribution in [1.29, 1.82) is 0 Å². The number of pyridine rings is 1. The first-order chi connectivity index (χ1) is 7.70. The van der Waals surface area contributed by atoms with E-state index in [2.05, 4.69) is 10.1 Å². The van der Waals surface area contributed by atoms with Gasteiger partial charge in [0.2, 0.25) is 5.88 Å². The van der Waals surface area contributed by atoms with Gasteiger partial charge in [-0.2, -0.15) is 5.10 Å². The topological polar surface area (TPSA) is 66.0 Å². The van der Waals surface area contributed by atoms with Crippen molar-refractivity contribution in [3.63, 3.8) is 0 Å². The van der Waals surface area contributed by atoms with E-state index in [0.29, 0.717) is 12.4 Å². The highest BCUT2D eigenvalue weighted by Gasteiger charge is 2.07. The molecule has 0 fully saturated rings. The molecule has 0 atom stereocenters. The van der Waals surface area contributed by atoms with Crippen molar-refractivity contribution in [2.45, 2.75) is 13.5 Å². The van der Waals surface area contributed by atoms with Crippen LogP contribution in [0.2, 0.25) is 0 Å². The molecule has 2 rings (SSSR count). The SMILES string of the molecule is Cc1cc(Oc2ccncc2CN)n(C)n1. The second-order valence-electron chi connectivity index (χ2n) is 3.54. The van der Waals surface area contributed by atoms with Crippen LogP contribution < -0.4 is 10.5 Å². The van der Waals surface area contributed by atoms with E-state index in [0.717, 1.165) is 17.0 Å². The molecule has 84 valence electrons. The lowest BCUT2D eigenvalue weighted by atomic mass is 10.2. The van der Waals surface area contributed by atoms with Crippen LogP contribution in [0.25, 0.3) is 0 Å². The maximum absolute atomic E-state index is 5.73. The summed E-state index contributed by atoms with van der Waals surface area (Å²) in [7, 11) is 1.84. The van der Waals surface area contributed by atoms with Crippen molar-refractivity contribution in [1.82, 2.24) is 14.8 Å². The highest BCUT2D eigenvalue weighted by Crippen LogP contribution is 2.24. The lowest BCUT2D eigenvalue weighted by Gasteiger charge is -2.08. The molecule has 0 radical (unpaired) electrons. The summed E-state index contributed by atoms with van der Waals surface area (Å²) in [6.07, 6.45) is 3.39. The van der Waals surface area contributed by atoms with E-state index in [1.807, 2.05) is 20.0 Å². The van der Waals surface area contributed by atoms with Crippen molar-refractivity contribution in [3.05, 3.63) is 35.8 Å². The average molecular weight is 218 g/mol. The van der Waals surface area contributed by atoms with Crippen LogP contribution in [-0.4, -0.2) is 14.8 Å². The Kier molecular flexibility index (Phi) is 2.87. The Morgan fingerprint density at radius 1 is 1.50 bits per heavy atom. The standard InChI is InChI=1S/C11H14N4O/c1-8-5-11(15(2)14-8)16-10-3-4-13-7-9(10)6-12/h3-5,7H,6,12H2,1-2H3. The molecule has 0 saturated heterocycles. The summed E-state index contributed by atoms with van der Waals surface area (Å²) in [6, 6.07) is 3.67. The molecule has 0 spiro atoms. The van der Waals surface area contributed by atoms with Crippen LogP contribution in [0, 0.1) is 6.92 Å². The molecular formula is C11H14N4O. The number of hydrogen-bond acceptors (Lipinski definition) is 4. The van der Waals surface area contributed by atoms with Gasteiger partial charge in [0.05, 0.1) is 5.69 Å². The minimum atomic E-state index is 0.403. The van der Waals surface area contributed by atoms with E-state index >= 15 is 0 Å². The Morgan fingerprint density at radius 3 is 2.94 bits per heavy atom. The minimum Gasteiger partial charge on any atom is -0.439 e. The summed E-state index contributed by atoms with van der Waals surface area (Å²) in [5.41, 5.74) is 7.40. The zero-order valence-electron chi connectivity index (χ0n) is 9.34. The molecule has 5 heteroatoms. The normalized spacial score (nSPS) is 10.4. The molecule has 0 aromatic carbocycles. The van der Waals surface area contributed by atoms with Crippen molar-refractivity contribution < 1.29 is 4.74 Å². The van der Waals surface area contributed by atoms with Crippen molar-refractivity contribution >= 4 is 0 Å². The maximum Gasteiger partial charge on any atom is 0.217 e. The van der Waals surface area contributed by atoms with Crippen LogP contribution >= 0.6 is 0 Å². The predicted molar refractivity (Wildman–Crippen MR) is 60.1 cm³/mol. The summed E-state index contributed by atoms with van der Waals surface area (Å²) in [6.45, 7) is 2.32. The van der Waals surface area contributed by atoms with Gasteiger partial charge >= 0.3 is 0 Å². The summed E-state index contributed by atoms with van der Waals surface area (Å²) < 4.78 is 7.42. The first-order valence-electron chi connectivity index (χ1n) is 5.02. The first-order valence-corrected chi connectivity index (χ1v) is 5.02. The highest BCUT2D eigenvalue weighted by atomic mass is 16.5. The predicted octanol–water partition coefficient (Wildman–Crippen LogP) is 1.37. The van der Waals surface area contributed by atoms with Crippen LogP contribution in [0.3, 0.4) is 0 Å². The van der Waals surface area contributed by atoms with Crippen LogP contribution in [0.15, 0.2) is 24.5 Å². The quantitative estimate of drug-likeness (QED) is 0.845. The molecule has 0 saturated carbocycles. The molecule has 0 aliphatic carbocycles. The molecule has 0 aliphatic heterocycles. The second-order valence-corrected chi connectivity index (χ2v) is 3.54. The van der Waals surface area contributed by atoms with Gasteiger partial charge in [-0.15, -0.1) is 0 Å². The van der Waals surface area contributed by atoms with Gasteiger partial charge in [-0.25, -0.2) is 4.68 Å². The lowest BCUT2D eigenvalue weighted by molar-refractivity contribution is 0.425. The molecule has 0 amide bonds. The number of nitrogens with two attached hydrogens (primary N) is 1. The Labute approximate surface area is 93.9 Å². The van der Waals surface area contributed by atoms with Gasteiger partial charge in [0.1, 0.15) is 5.75 Å². The van der Waals surface area contributed by atoms with E-state index in [4.69, 9.17) is 10.5 Å². The van der Waals surface area contributed by atoms with Crippen LogP contribution in [0.5, 0.6) is 11.6 Å². The number of rotatable bonds is 3. The van der Waals surface area contributed by atoms with Gasteiger partial charge in [0.15, 0.2) is 0 Å². The van der Waals surface area contributed by atoms with Crippen LogP contribution in [0.1, 0.15) is 11.3 Å². The van der Waals surface area contributed by atoms with Crippen LogP contribution in [-0.2, 0) is 13.6 Å². The Hall–Kier alpha value is -1.88. The van der Waals surface area contributed by atoms with Gasteiger partial charge in [0.25, 0.3) is 0 Å². The van der Waals surface area contributed by atoms with Crippen molar-refractivity contribution in [3.8, 4) is 11.6 Å². The molecule has 2 heterocycles. The number of aryl methyl sites for hydroxylation is 2. The zero-order chi connectivity index (χ0) is 11.5. The number of ether oxygens (including phenoxy) is 1. The molecule has 16 heavy (non-hydrogen) atoms. The number of aromatic nitrogens is 3. The molecular weight excluding hydrogens is 204 g/mol. The molecule has 0 aliphatic rings. The fourth-order valence-corrected chi connectivity index (χ4v) is 1.46. The monoisotopic (exact) mass is 218 g/mol. The van der Waals surface area contributed by atoms with Gasteiger partial charge in [-0.3, -0.25) is 4.98 Å². The molecule has 0 unspecified atom stereocenters. The highest BCUT2D eigenvalue weighted by molar-refractivity contribution is 5.33. The number of nitrogens with zero attached hydrogens (tertiary/aromatic N) is 3. The Bertz CT molecular complexity index is 492. The molecule has 2 aromatic heterocycles. The smallest absolute Gasteiger partial charge is 0.217 e. The molecule has 0 bridgehead atoms. The second kappa shape index (κ2) is 4.32. The lowest BCUT2D eigenvalue weighted by Crippen LogP contribution is -2.02. The van der Waals surface area contributed by atoms with E-state index in [9.17, 15) is 0 Å². The van der Waals surface area contributed by atoms with Crippen molar-refractivity contribution in [2.75, 3.05) is 0 Å². The van der Waals surface area contributed by atoms with E-state index in [1.54, 1.807) is 23.1 Å². The summed E-state index contributed by atoms with van der Waals surface area (Å²) in [4.78, 5) is 4.00. The molecule has 2 aromatic rings. The van der Waals surface area contributed by atoms with Crippen LogP contribution in [0.4, 0.5) is 0 Å². The van der Waals surface area contributed by atoms with E-state index in [1.165, 1.54) is 0 Å². The molecule has 2 N–H and O–H groups in total. The maximum atomic E-state index is 5.73. The average Bonchev–Trinajstić information content (AvgIpc) is 2.58. The largest absolute Gasteiger partial charge is 0.439 e. The zero-order valence-corrected chi connectivity index (χ0v) is 9.34. The Morgan fingerprint density at radius 2 is 2.31 bits per heavy atom. The summed E-state index contributed by atoms with van der Waals surface area (Å²) in [5, 5.41) is 4.21. The summed E-state index contributed by atoms with van der Waals surface area (Å²) >= 11 is 0. The fraction of sp³-hybridized carbons (Fsp3) is 0.273. The van der Waals surface area contributed by atoms with Gasteiger partial charge < -0.3 is 10.5 Å². The van der Waals surface area contributed by atoms with Gasteiger partial charge in [-0.1, -0.05) is 0 Å². The fourth-order valence-electron chi connectivity index (χ4n) is 1.46. The van der Waals surface area contributed by atoms with E-state index in [-0.39, 0.29) is 0 Å². The molecule has 5 nitrogen and oxygen atoms in total. The third-order valence-electron chi connectivity index (χ3n) is 2.25. The number of hydrogen-bond donors (Lipinski definition) is 1. The van der Waals surface area contributed by atoms with Gasteiger partial charge in [-0.05, 0) is 13.0 Å². The van der Waals surface area contributed by atoms with E-state index < -0.39 is 0 Å².